The van der Waals surface area contributed by atoms with Crippen LogP contribution >= 0.6 is 0 Å². The van der Waals surface area contributed by atoms with Crippen LogP contribution in [-0.4, -0.2) is 24.2 Å². The second-order valence-corrected chi connectivity index (χ2v) is 5.82. The summed E-state index contributed by atoms with van der Waals surface area (Å²) in [6.45, 7) is 2.69. The Morgan fingerprint density at radius 2 is 2.24 bits per heavy atom. The SMILES string of the molecule is CC1(CNC(=O)c2cc(C#CCCO)ccc2F)CCC1. The highest BCUT2D eigenvalue weighted by Crippen LogP contribution is 2.39. The van der Waals surface area contributed by atoms with E-state index >= 15 is 0 Å². The van der Waals surface area contributed by atoms with Gasteiger partial charge < -0.3 is 10.4 Å². The molecule has 0 aliphatic heterocycles. The van der Waals surface area contributed by atoms with Crippen LogP contribution in [0.4, 0.5) is 4.39 Å². The third-order valence-corrected chi connectivity index (χ3v) is 3.92. The van der Waals surface area contributed by atoms with Crippen molar-refractivity contribution >= 4 is 5.91 Å². The minimum Gasteiger partial charge on any atom is -0.395 e. The van der Waals surface area contributed by atoms with E-state index in [0.717, 1.165) is 12.8 Å². The maximum atomic E-state index is 13.8. The summed E-state index contributed by atoms with van der Waals surface area (Å²) in [4.78, 5) is 12.1. The first kappa shape index (κ1) is 15.5. The van der Waals surface area contributed by atoms with E-state index in [9.17, 15) is 9.18 Å². The average Bonchev–Trinajstić information content (AvgIpc) is 2.44. The third kappa shape index (κ3) is 4.05. The van der Waals surface area contributed by atoms with Crippen molar-refractivity contribution in [1.29, 1.82) is 0 Å². The van der Waals surface area contributed by atoms with Crippen molar-refractivity contribution in [3.05, 3.63) is 35.1 Å². The molecule has 0 aromatic heterocycles. The molecule has 1 aromatic rings. The van der Waals surface area contributed by atoms with Gasteiger partial charge in [0.05, 0.1) is 12.2 Å². The Morgan fingerprint density at radius 3 is 2.86 bits per heavy atom. The highest BCUT2D eigenvalue weighted by Gasteiger charge is 2.32. The van der Waals surface area contributed by atoms with Crippen LogP contribution in [0, 0.1) is 23.1 Å². The fourth-order valence-corrected chi connectivity index (χ4v) is 2.34. The molecule has 2 N–H and O–H groups in total. The molecule has 4 heteroatoms. The van der Waals surface area contributed by atoms with E-state index in [1.54, 1.807) is 0 Å². The average molecular weight is 289 g/mol. The Morgan fingerprint density at radius 1 is 1.48 bits per heavy atom. The van der Waals surface area contributed by atoms with E-state index in [-0.39, 0.29) is 17.6 Å². The number of carbonyl (C=O) groups excluding carboxylic acids is 1. The molecule has 0 saturated heterocycles. The molecule has 0 heterocycles. The van der Waals surface area contributed by atoms with Crippen molar-refractivity contribution in [2.45, 2.75) is 32.6 Å². The van der Waals surface area contributed by atoms with Gasteiger partial charge in [0.1, 0.15) is 5.82 Å². The monoisotopic (exact) mass is 289 g/mol. The summed E-state index contributed by atoms with van der Waals surface area (Å²) in [5, 5.41) is 11.5. The van der Waals surface area contributed by atoms with E-state index < -0.39 is 11.7 Å². The molecule has 3 nitrogen and oxygen atoms in total. The number of hydrogen-bond donors (Lipinski definition) is 2. The topological polar surface area (TPSA) is 49.3 Å². The Labute approximate surface area is 124 Å². The standard InChI is InChI=1S/C17H20FNO2/c1-17(8-4-9-17)12-19-16(21)14-11-13(5-2-3-10-20)6-7-15(14)18/h6-7,11,20H,3-4,8-10,12H2,1H3,(H,19,21). The lowest BCUT2D eigenvalue weighted by molar-refractivity contribution is 0.0887. The Bertz CT molecular complexity index is 582. The first-order chi connectivity index (χ1) is 10.0. The van der Waals surface area contributed by atoms with Crippen LogP contribution in [0.15, 0.2) is 18.2 Å². The molecular weight excluding hydrogens is 269 g/mol. The fraction of sp³-hybridized carbons (Fsp3) is 0.471. The smallest absolute Gasteiger partial charge is 0.254 e. The van der Waals surface area contributed by atoms with E-state index in [1.165, 1.54) is 24.6 Å². The predicted molar refractivity (Wildman–Crippen MR) is 79.3 cm³/mol. The molecule has 1 amide bonds. The number of halogens is 1. The summed E-state index contributed by atoms with van der Waals surface area (Å²) >= 11 is 0. The summed E-state index contributed by atoms with van der Waals surface area (Å²) in [5.41, 5.74) is 0.753. The van der Waals surface area contributed by atoms with Gasteiger partial charge >= 0.3 is 0 Å². The zero-order valence-electron chi connectivity index (χ0n) is 12.2. The summed E-state index contributed by atoms with van der Waals surface area (Å²) < 4.78 is 13.8. The number of benzene rings is 1. The minimum atomic E-state index is -0.543. The van der Waals surface area contributed by atoms with Gasteiger partial charge in [-0.25, -0.2) is 4.39 Å². The molecular formula is C17H20FNO2. The molecule has 1 aliphatic carbocycles. The van der Waals surface area contributed by atoms with Crippen LogP contribution in [0.5, 0.6) is 0 Å². The van der Waals surface area contributed by atoms with Gasteiger partial charge in [0.2, 0.25) is 0 Å². The van der Waals surface area contributed by atoms with E-state index in [2.05, 4.69) is 24.1 Å². The summed E-state index contributed by atoms with van der Waals surface area (Å²) in [6.07, 6.45) is 3.75. The summed E-state index contributed by atoms with van der Waals surface area (Å²) in [7, 11) is 0. The minimum absolute atomic E-state index is 0.0138. The van der Waals surface area contributed by atoms with E-state index in [0.29, 0.717) is 18.5 Å². The lowest BCUT2D eigenvalue weighted by Crippen LogP contribution is -2.40. The van der Waals surface area contributed by atoms with E-state index in [1.807, 2.05) is 0 Å². The van der Waals surface area contributed by atoms with E-state index in [4.69, 9.17) is 5.11 Å². The highest BCUT2D eigenvalue weighted by atomic mass is 19.1. The molecule has 1 aliphatic rings. The van der Waals surface area contributed by atoms with Crippen molar-refractivity contribution in [2.75, 3.05) is 13.2 Å². The number of carbonyl (C=O) groups is 1. The first-order valence-electron chi connectivity index (χ1n) is 7.22. The first-order valence-corrected chi connectivity index (χ1v) is 7.22. The lowest BCUT2D eigenvalue weighted by atomic mass is 9.70. The maximum Gasteiger partial charge on any atom is 0.254 e. The van der Waals surface area contributed by atoms with Crippen LogP contribution in [0.2, 0.25) is 0 Å². The van der Waals surface area contributed by atoms with Gasteiger partial charge in [-0.2, -0.15) is 0 Å². The zero-order valence-corrected chi connectivity index (χ0v) is 12.2. The molecule has 0 bridgehead atoms. The fourth-order valence-electron chi connectivity index (χ4n) is 2.34. The van der Waals surface area contributed by atoms with Crippen molar-refractivity contribution in [2.24, 2.45) is 5.41 Å². The molecule has 1 saturated carbocycles. The van der Waals surface area contributed by atoms with Crippen LogP contribution < -0.4 is 5.32 Å². The van der Waals surface area contributed by atoms with Crippen molar-refractivity contribution in [3.63, 3.8) is 0 Å². The van der Waals surface area contributed by atoms with Crippen LogP contribution in [0.3, 0.4) is 0 Å². The van der Waals surface area contributed by atoms with Crippen molar-refractivity contribution < 1.29 is 14.3 Å². The molecule has 1 fully saturated rings. The quantitative estimate of drug-likeness (QED) is 0.837. The summed E-state index contributed by atoms with van der Waals surface area (Å²) in [5.74, 6) is 4.62. The molecule has 0 radical (unpaired) electrons. The highest BCUT2D eigenvalue weighted by molar-refractivity contribution is 5.94. The van der Waals surface area contributed by atoms with Gasteiger partial charge in [0.25, 0.3) is 5.91 Å². The Hall–Kier alpha value is -1.86. The molecule has 21 heavy (non-hydrogen) atoms. The van der Waals surface area contributed by atoms with Gasteiger partial charge in [-0.1, -0.05) is 25.2 Å². The Kier molecular flexibility index (Phi) is 4.98. The van der Waals surface area contributed by atoms with Crippen LogP contribution in [-0.2, 0) is 0 Å². The van der Waals surface area contributed by atoms with Crippen LogP contribution in [0.25, 0.3) is 0 Å². The predicted octanol–water partition coefficient (Wildman–Crippen LogP) is 2.48. The molecule has 1 aromatic carbocycles. The lowest BCUT2D eigenvalue weighted by Gasteiger charge is -2.38. The van der Waals surface area contributed by atoms with Gasteiger partial charge in [0.15, 0.2) is 0 Å². The molecule has 0 atom stereocenters. The number of aliphatic hydroxyl groups is 1. The normalized spacial score (nSPS) is 15.6. The maximum absolute atomic E-state index is 13.8. The number of nitrogens with one attached hydrogen (secondary N) is 1. The second-order valence-electron chi connectivity index (χ2n) is 5.82. The van der Waals surface area contributed by atoms with Crippen molar-refractivity contribution in [1.82, 2.24) is 5.32 Å². The van der Waals surface area contributed by atoms with Crippen LogP contribution in [0.1, 0.15) is 48.5 Å². The van der Waals surface area contributed by atoms with Gasteiger partial charge in [-0.15, -0.1) is 0 Å². The zero-order chi connectivity index (χ0) is 15.3. The number of amides is 1. The van der Waals surface area contributed by atoms with Gasteiger partial charge in [0, 0.05) is 18.5 Å². The molecule has 112 valence electrons. The second kappa shape index (κ2) is 6.73. The number of aliphatic hydroxyl groups excluding tert-OH is 1. The number of hydrogen-bond acceptors (Lipinski definition) is 2. The summed E-state index contributed by atoms with van der Waals surface area (Å²) in [6, 6.07) is 4.24. The van der Waals surface area contributed by atoms with Crippen molar-refractivity contribution in [3.8, 4) is 11.8 Å². The van der Waals surface area contributed by atoms with Gasteiger partial charge in [-0.3, -0.25) is 4.79 Å². The third-order valence-electron chi connectivity index (χ3n) is 3.92. The molecule has 2 rings (SSSR count). The van der Waals surface area contributed by atoms with Gasteiger partial charge in [-0.05, 0) is 36.5 Å². The largest absolute Gasteiger partial charge is 0.395 e. The number of rotatable bonds is 4. The molecule has 0 unspecified atom stereocenters. The molecule has 0 spiro atoms. The Balaban J connectivity index is 2.05.